The molecule has 3 aromatic carbocycles. The number of carbonyl (C=O) groups excluding carboxylic acids is 1. The highest BCUT2D eigenvalue weighted by molar-refractivity contribution is 5.96. The zero-order chi connectivity index (χ0) is 20.9. The highest BCUT2D eigenvalue weighted by atomic mass is 16.5. The molecule has 152 valence electrons. The lowest BCUT2D eigenvalue weighted by molar-refractivity contribution is 0.100. The maximum absolute atomic E-state index is 11.5. The second-order valence-corrected chi connectivity index (χ2v) is 7.30. The molecule has 1 aromatic heterocycles. The summed E-state index contributed by atoms with van der Waals surface area (Å²) >= 11 is 0. The predicted octanol–water partition coefficient (Wildman–Crippen LogP) is 4.70. The normalized spacial score (nSPS) is 11.0. The average molecular weight is 399 g/mol. The van der Waals surface area contributed by atoms with Crippen LogP contribution in [0.1, 0.15) is 34.8 Å². The Bertz CT molecular complexity index is 1150. The largest absolute Gasteiger partial charge is 0.494 e. The van der Waals surface area contributed by atoms with E-state index < -0.39 is 5.91 Å². The van der Waals surface area contributed by atoms with Crippen LogP contribution in [0.3, 0.4) is 0 Å². The number of benzene rings is 3. The van der Waals surface area contributed by atoms with E-state index in [-0.39, 0.29) is 0 Å². The van der Waals surface area contributed by atoms with Crippen molar-refractivity contribution in [1.29, 1.82) is 0 Å². The fraction of sp³-hybridized carbons (Fsp3) is 0.200. The number of fused-ring (bicyclic) bond motifs is 1. The number of primary amides is 1. The van der Waals surface area contributed by atoms with E-state index in [0.29, 0.717) is 12.2 Å². The van der Waals surface area contributed by atoms with Crippen LogP contribution in [0.2, 0.25) is 0 Å². The van der Waals surface area contributed by atoms with Gasteiger partial charge in [0.05, 0.1) is 17.6 Å². The van der Waals surface area contributed by atoms with Gasteiger partial charge in [0.1, 0.15) is 12.1 Å². The minimum Gasteiger partial charge on any atom is -0.494 e. The number of aryl methyl sites for hydroxylation is 2. The third kappa shape index (κ3) is 4.35. The molecule has 1 amide bonds. The molecule has 0 aliphatic heterocycles. The fourth-order valence-corrected chi connectivity index (χ4v) is 3.48. The first kappa shape index (κ1) is 19.7. The van der Waals surface area contributed by atoms with Crippen molar-refractivity contribution in [3.63, 3.8) is 0 Å². The summed E-state index contributed by atoms with van der Waals surface area (Å²) in [6.45, 7) is 2.84. The van der Waals surface area contributed by atoms with E-state index in [2.05, 4.69) is 36.2 Å². The molecule has 5 nitrogen and oxygen atoms in total. The number of nitrogens with zero attached hydrogens (tertiary/aromatic N) is 2. The molecule has 0 spiro atoms. The highest BCUT2D eigenvalue weighted by Gasteiger charge is 2.08. The highest BCUT2D eigenvalue weighted by Crippen LogP contribution is 2.22. The summed E-state index contributed by atoms with van der Waals surface area (Å²) in [5, 5.41) is 0. The first-order chi connectivity index (χ1) is 14.6. The first-order valence-corrected chi connectivity index (χ1v) is 10.2. The van der Waals surface area contributed by atoms with Crippen molar-refractivity contribution >= 4 is 16.9 Å². The zero-order valence-electron chi connectivity index (χ0n) is 17.0. The van der Waals surface area contributed by atoms with Crippen molar-refractivity contribution in [3.8, 4) is 11.4 Å². The third-order valence-corrected chi connectivity index (χ3v) is 5.26. The Morgan fingerprint density at radius 2 is 1.73 bits per heavy atom. The number of nitrogens with two attached hydrogens (primary N) is 1. The fourth-order valence-electron chi connectivity index (χ4n) is 3.48. The summed E-state index contributed by atoms with van der Waals surface area (Å²) in [5.74, 6) is 0.386. The van der Waals surface area contributed by atoms with Gasteiger partial charge in [-0.2, -0.15) is 0 Å². The van der Waals surface area contributed by atoms with Gasteiger partial charge in [-0.05, 0) is 72.9 Å². The van der Waals surface area contributed by atoms with Gasteiger partial charge >= 0.3 is 0 Å². The number of rotatable bonds is 8. The van der Waals surface area contributed by atoms with Crippen LogP contribution in [0.4, 0.5) is 0 Å². The van der Waals surface area contributed by atoms with Crippen molar-refractivity contribution in [2.75, 3.05) is 6.61 Å². The molecule has 4 rings (SSSR count). The summed E-state index contributed by atoms with van der Waals surface area (Å²) in [6.07, 6.45) is 4.79. The number of hydrogen-bond donors (Lipinski definition) is 1. The summed E-state index contributed by atoms with van der Waals surface area (Å²) in [4.78, 5) is 15.9. The summed E-state index contributed by atoms with van der Waals surface area (Å²) in [7, 11) is 0. The third-order valence-electron chi connectivity index (χ3n) is 5.26. The molecule has 0 aliphatic rings. The minimum absolute atomic E-state index is 0.449. The smallest absolute Gasteiger partial charge is 0.248 e. The van der Waals surface area contributed by atoms with Gasteiger partial charge in [-0.3, -0.25) is 9.36 Å². The molecule has 0 bridgehead atoms. The molecule has 4 aromatic rings. The Morgan fingerprint density at radius 3 is 2.43 bits per heavy atom. The Hall–Kier alpha value is -3.60. The van der Waals surface area contributed by atoms with Gasteiger partial charge in [-0.25, -0.2) is 4.98 Å². The molecule has 0 aliphatic carbocycles. The Kier molecular flexibility index (Phi) is 5.80. The van der Waals surface area contributed by atoms with Crippen molar-refractivity contribution in [2.45, 2.75) is 26.2 Å². The molecular formula is C25H25N3O2. The van der Waals surface area contributed by atoms with Gasteiger partial charge < -0.3 is 10.5 Å². The lowest BCUT2D eigenvalue weighted by Gasteiger charge is -2.09. The number of amides is 1. The second kappa shape index (κ2) is 8.82. The van der Waals surface area contributed by atoms with Gasteiger partial charge in [0.15, 0.2) is 0 Å². The first-order valence-electron chi connectivity index (χ1n) is 10.2. The Balaban J connectivity index is 1.37. The molecule has 0 atom stereocenters. The molecular weight excluding hydrogens is 374 g/mol. The summed E-state index contributed by atoms with van der Waals surface area (Å²) < 4.78 is 7.83. The van der Waals surface area contributed by atoms with E-state index in [1.54, 1.807) is 24.5 Å². The van der Waals surface area contributed by atoms with Crippen LogP contribution in [-0.2, 0) is 12.8 Å². The zero-order valence-corrected chi connectivity index (χ0v) is 17.0. The lowest BCUT2D eigenvalue weighted by atomic mass is 10.1. The number of ether oxygens (including phenoxy) is 1. The molecule has 0 fully saturated rings. The van der Waals surface area contributed by atoms with Crippen LogP contribution in [0, 0.1) is 0 Å². The van der Waals surface area contributed by atoms with Crippen molar-refractivity contribution < 1.29 is 9.53 Å². The van der Waals surface area contributed by atoms with Crippen LogP contribution < -0.4 is 10.5 Å². The van der Waals surface area contributed by atoms with Crippen LogP contribution in [-0.4, -0.2) is 22.1 Å². The van der Waals surface area contributed by atoms with Gasteiger partial charge in [-0.1, -0.05) is 31.2 Å². The lowest BCUT2D eigenvalue weighted by Crippen LogP contribution is -2.10. The molecule has 0 unspecified atom stereocenters. The van der Waals surface area contributed by atoms with Crippen LogP contribution >= 0.6 is 0 Å². The monoisotopic (exact) mass is 399 g/mol. The van der Waals surface area contributed by atoms with Crippen LogP contribution in [0.5, 0.6) is 5.75 Å². The SMILES string of the molecule is CCc1ccc(CCCOc2ccc(-n3cnc4ccc(C(N)=O)cc43)cc2)cc1. The average Bonchev–Trinajstić information content (AvgIpc) is 3.21. The molecule has 0 saturated heterocycles. The number of carbonyl (C=O) groups is 1. The Labute approximate surface area is 176 Å². The van der Waals surface area contributed by atoms with Crippen LogP contribution in [0.15, 0.2) is 73.1 Å². The number of hydrogen-bond acceptors (Lipinski definition) is 3. The number of aromatic nitrogens is 2. The van der Waals surface area contributed by atoms with Gasteiger partial charge in [0, 0.05) is 11.3 Å². The van der Waals surface area contributed by atoms with Gasteiger partial charge in [-0.15, -0.1) is 0 Å². The van der Waals surface area contributed by atoms with E-state index in [4.69, 9.17) is 10.5 Å². The molecule has 5 heteroatoms. The van der Waals surface area contributed by atoms with Gasteiger partial charge in [0.25, 0.3) is 0 Å². The molecule has 2 N–H and O–H groups in total. The second-order valence-electron chi connectivity index (χ2n) is 7.30. The van der Waals surface area contributed by atoms with E-state index in [0.717, 1.165) is 41.7 Å². The van der Waals surface area contributed by atoms with E-state index in [9.17, 15) is 4.79 Å². The Morgan fingerprint density at radius 1 is 1.00 bits per heavy atom. The number of imidazole rings is 1. The predicted molar refractivity (Wildman–Crippen MR) is 119 cm³/mol. The summed E-state index contributed by atoms with van der Waals surface area (Å²) in [5.41, 5.74) is 11.2. The summed E-state index contributed by atoms with van der Waals surface area (Å²) in [6, 6.07) is 21.9. The maximum Gasteiger partial charge on any atom is 0.248 e. The van der Waals surface area contributed by atoms with E-state index in [1.807, 2.05) is 28.8 Å². The molecule has 1 heterocycles. The van der Waals surface area contributed by atoms with E-state index in [1.165, 1.54) is 11.1 Å². The van der Waals surface area contributed by atoms with Crippen molar-refractivity contribution in [1.82, 2.24) is 9.55 Å². The van der Waals surface area contributed by atoms with Crippen molar-refractivity contribution in [2.24, 2.45) is 5.73 Å². The standard InChI is InChI=1S/C25H25N3O2/c1-2-18-5-7-19(8-6-18)4-3-15-30-22-12-10-21(11-13-22)28-17-27-23-14-9-20(25(26)29)16-24(23)28/h5-14,16-17H,2-4,15H2,1H3,(H2,26,29). The molecule has 0 saturated carbocycles. The van der Waals surface area contributed by atoms with Crippen molar-refractivity contribution in [3.05, 3.63) is 89.7 Å². The minimum atomic E-state index is -0.449. The molecule has 0 radical (unpaired) electrons. The quantitative estimate of drug-likeness (QED) is 0.437. The molecule has 30 heavy (non-hydrogen) atoms. The van der Waals surface area contributed by atoms with Gasteiger partial charge in [0.2, 0.25) is 5.91 Å². The van der Waals surface area contributed by atoms with E-state index >= 15 is 0 Å². The maximum atomic E-state index is 11.5. The topological polar surface area (TPSA) is 70.1 Å². The van der Waals surface area contributed by atoms with Crippen LogP contribution in [0.25, 0.3) is 16.7 Å².